The highest BCUT2D eigenvalue weighted by Gasteiger charge is 2.51. The van der Waals surface area contributed by atoms with Crippen LogP contribution in [0.15, 0.2) is 77.5 Å². The van der Waals surface area contributed by atoms with Crippen molar-refractivity contribution < 1.29 is 14.5 Å². The van der Waals surface area contributed by atoms with Gasteiger partial charge in [0, 0.05) is 34.8 Å². The molecule has 7 nitrogen and oxygen atoms in total. The van der Waals surface area contributed by atoms with Crippen molar-refractivity contribution in [2.45, 2.75) is 31.0 Å². The third-order valence-corrected chi connectivity index (χ3v) is 6.59. The number of halogens is 1. The molecule has 0 radical (unpaired) electrons. The van der Waals surface area contributed by atoms with Crippen LogP contribution in [0.3, 0.4) is 0 Å². The summed E-state index contributed by atoms with van der Waals surface area (Å²) in [4.78, 5) is 31.4. The van der Waals surface area contributed by atoms with E-state index in [9.17, 15) is 14.9 Å². The number of amides is 1. The number of nitrogens with zero attached hydrogens (tertiary/aromatic N) is 3. The van der Waals surface area contributed by atoms with E-state index in [2.05, 4.69) is 20.9 Å². The molecule has 3 atom stereocenters. The van der Waals surface area contributed by atoms with Crippen LogP contribution >= 0.6 is 15.9 Å². The third-order valence-electron chi connectivity index (χ3n) is 5.87. The number of rotatable bonds is 6. The monoisotopic (exact) mass is 495 g/mol. The van der Waals surface area contributed by atoms with Crippen molar-refractivity contribution in [1.29, 1.82) is 0 Å². The predicted molar refractivity (Wildman–Crippen MR) is 123 cm³/mol. The van der Waals surface area contributed by atoms with Gasteiger partial charge in [-0.1, -0.05) is 52.3 Å². The molecule has 1 fully saturated rings. The van der Waals surface area contributed by atoms with E-state index in [1.165, 1.54) is 0 Å². The molecule has 0 spiro atoms. The second kappa shape index (κ2) is 9.48. The van der Waals surface area contributed by atoms with Gasteiger partial charge in [-0.25, -0.2) is 0 Å². The number of piperidine rings is 1. The standard InChI is InChI=1S/C24H22BrN3O4/c1-32-18-10-8-17(9-11-18)23-24(28(30)31)20(19-6-2-3-7-21(19)25)13-22(29)27(23)15-16-5-4-12-26-14-16/h2-12,14,20,23-24H,13,15H2,1H3/t20-,23+,24-/m0/s1. The number of hydrogen-bond acceptors (Lipinski definition) is 5. The Morgan fingerprint density at radius 1 is 1.16 bits per heavy atom. The van der Waals surface area contributed by atoms with Crippen LogP contribution in [0.25, 0.3) is 0 Å². The molecule has 0 unspecified atom stereocenters. The molecule has 2 aromatic carbocycles. The van der Waals surface area contributed by atoms with Crippen LogP contribution in [-0.4, -0.2) is 33.9 Å². The minimum atomic E-state index is -1.02. The molecule has 1 aliphatic rings. The lowest BCUT2D eigenvalue weighted by Gasteiger charge is -2.41. The molecule has 3 aromatic rings. The molecule has 8 heteroatoms. The van der Waals surface area contributed by atoms with Gasteiger partial charge in [0.05, 0.1) is 13.0 Å². The number of carbonyl (C=O) groups excluding carboxylic acids is 1. The highest BCUT2D eigenvalue weighted by atomic mass is 79.9. The quantitative estimate of drug-likeness (QED) is 0.363. The first-order valence-corrected chi connectivity index (χ1v) is 11.0. The van der Waals surface area contributed by atoms with E-state index >= 15 is 0 Å². The first-order valence-electron chi connectivity index (χ1n) is 10.2. The Morgan fingerprint density at radius 3 is 2.53 bits per heavy atom. The molecule has 0 saturated carbocycles. The fourth-order valence-corrected chi connectivity index (χ4v) is 4.95. The minimum absolute atomic E-state index is 0.0567. The van der Waals surface area contributed by atoms with E-state index in [-0.39, 0.29) is 23.8 Å². The van der Waals surface area contributed by atoms with E-state index in [1.54, 1.807) is 54.7 Å². The van der Waals surface area contributed by atoms with Crippen LogP contribution in [0.1, 0.15) is 35.1 Å². The average Bonchev–Trinajstić information content (AvgIpc) is 2.81. The molecule has 2 heterocycles. The highest BCUT2D eigenvalue weighted by Crippen LogP contribution is 2.44. The molecule has 164 valence electrons. The Labute approximate surface area is 194 Å². The Morgan fingerprint density at radius 2 is 1.91 bits per heavy atom. The SMILES string of the molecule is COc1ccc([C@@H]2[C@@H]([N+](=O)[O-])[C@H](c3ccccc3Br)CC(=O)N2Cc2cccnc2)cc1. The van der Waals surface area contributed by atoms with Gasteiger partial charge in [-0.05, 0) is 41.0 Å². The van der Waals surface area contributed by atoms with Gasteiger partial charge < -0.3 is 9.64 Å². The van der Waals surface area contributed by atoms with Gasteiger partial charge >= 0.3 is 0 Å². The minimum Gasteiger partial charge on any atom is -0.497 e. The van der Waals surface area contributed by atoms with E-state index in [1.807, 2.05) is 30.3 Å². The van der Waals surface area contributed by atoms with Gasteiger partial charge in [-0.3, -0.25) is 19.9 Å². The summed E-state index contributed by atoms with van der Waals surface area (Å²) in [6.07, 6.45) is 3.39. The van der Waals surface area contributed by atoms with Crippen LogP contribution in [0.4, 0.5) is 0 Å². The van der Waals surface area contributed by atoms with Crippen molar-refractivity contribution in [3.63, 3.8) is 0 Å². The van der Waals surface area contributed by atoms with Crippen LogP contribution < -0.4 is 4.74 Å². The van der Waals surface area contributed by atoms with Crippen molar-refractivity contribution in [2.75, 3.05) is 7.11 Å². The molecule has 0 aliphatic carbocycles. The summed E-state index contributed by atoms with van der Waals surface area (Å²) in [5, 5.41) is 12.5. The summed E-state index contributed by atoms with van der Waals surface area (Å²) in [7, 11) is 1.57. The lowest BCUT2D eigenvalue weighted by atomic mass is 9.78. The van der Waals surface area contributed by atoms with E-state index in [0.717, 1.165) is 15.6 Å². The van der Waals surface area contributed by atoms with E-state index in [4.69, 9.17) is 4.74 Å². The smallest absolute Gasteiger partial charge is 0.244 e. The molecule has 32 heavy (non-hydrogen) atoms. The summed E-state index contributed by atoms with van der Waals surface area (Å²) in [6.45, 7) is 0.246. The van der Waals surface area contributed by atoms with Crippen molar-refractivity contribution in [2.24, 2.45) is 0 Å². The lowest BCUT2D eigenvalue weighted by molar-refractivity contribution is -0.537. The Balaban J connectivity index is 1.82. The maximum atomic E-state index is 13.4. The van der Waals surface area contributed by atoms with Crippen molar-refractivity contribution in [3.05, 3.63) is 104 Å². The molecule has 0 N–H and O–H groups in total. The zero-order valence-corrected chi connectivity index (χ0v) is 19.0. The number of benzene rings is 2. The summed E-state index contributed by atoms with van der Waals surface area (Å²) in [5.41, 5.74) is 2.28. The number of aromatic nitrogens is 1. The number of likely N-dealkylation sites (tertiary alicyclic amines) is 1. The summed E-state index contributed by atoms with van der Waals surface area (Å²) >= 11 is 3.52. The fourth-order valence-electron chi connectivity index (χ4n) is 4.37. The fraction of sp³-hybridized carbons (Fsp3) is 0.250. The zero-order valence-electron chi connectivity index (χ0n) is 17.4. The van der Waals surface area contributed by atoms with Crippen LogP contribution in [-0.2, 0) is 11.3 Å². The molecular formula is C24H22BrN3O4. The molecule has 4 rings (SSSR count). The summed E-state index contributed by atoms with van der Waals surface area (Å²) in [6, 6.07) is 16.4. The normalized spacial score (nSPS) is 20.8. The van der Waals surface area contributed by atoms with Gasteiger partial charge in [-0.15, -0.1) is 0 Å². The summed E-state index contributed by atoms with van der Waals surface area (Å²) < 4.78 is 6.01. The Kier molecular flexibility index (Phi) is 6.50. The number of methoxy groups -OCH3 is 1. The molecule has 1 saturated heterocycles. The summed E-state index contributed by atoms with van der Waals surface area (Å²) in [5.74, 6) is -0.0476. The topological polar surface area (TPSA) is 85.6 Å². The number of hydrogen-bond donors (Lipinski definition) is 0. The number of ether oxygens (including phenoxy) is 1. The molecule has 1 amide bonds. The van der Waals surface area contributed by atoms with Gasteiger partial charge in [0.25, 0.3) is 0 Å². The maximum Gasteiger partial charge on any atom is 0.244 e. The van der Waals surface area contributed by atoms with Gasteiger partial charge in [0.1, 0.15) is 11.8 Å². The van der Waals surface area contributed by atoms with Gasteiger partial charge in [0.2, 0.25) is 11.9 Å². The van der Waals surface area contributed by atoms with Crippen molar-refractivity contribution in [3.8, 4) is 5.75 Å². The largest absolute Gasteiger partial charge is 0.497 e. The number of carbonyl (C=O) groups is 1. The highest BCUT2D eigenvalue weighted by molar-refractivity contribution is 9.10. The predicted octanol–water partition coefficient (Wildman–Crippen LogP) is 4.76. The Hall–Kier alpha value is -3.26. The molecule has 1 aromatic heterocycles. The van der Waals surface area contributed by atoms with Gasteiger partial charge in [-0.2, -0.15) is 0 Å². The van der Waals surface area contributed by atoms with Crippen molar-refractivity contribution >= 4 is 21.8 Å². The first-order chi connectivity index (χ1) is 15.5. The number of nitro groups is 1. The maximum absolute atomic E-state index is 13.4. The van der Waals surface area contributed by atoms with E-state index < -0.39 is 18.0 Å². The first kappa shape index (κ1) is 22.0. The second-order valence-corrected chi connectivity index (χ2v) is 8.56. The van der Waals surface area contributed by atoms with Crippen LogP contribution in [0, 0.1) is 10.1 Å². The Bertz CT molecular complexity index is 1110. The van der Waals surface area contributed by atoms with Gasteiger partial charge in [0.15, 0.2) is 0 Å². The van der Waals surface area contributed by atoms with Crippen molar-refractivity contribution in [1.82, 2.24) is 9.88 Å². The third kappa shape index (κ3) is 4.36. The zero-order chi connectivity index (χ0) is 22.7. The second-order valence-electron chi connectivity index (χ2n) is 7.71. The molecule has 1 aliphatic heterocycles. The van der Waals surface area contributed by atoms with Crippen LogP contribution in [0.2, 0.25) is 0 Å². The number of pyridine rings is 1. The molecular weight excluding hydrogens is 474 g/mol. The van der Waals surface area contributed by atoms with Crippen LogP contribution in [0.5, 0.6) is 5.75 Å². The van der Waals surface area contributed by atoms with E-state index in [0.29, 0.717) is 11.3 Å². The molecule has 0 bridgehead atoms. The lowest BCUT2D eigenvalue weighted by Crippen LogP contribution is -2.51. The average molecular weight is 496 g/mol.